The Morgan fingerprint density at radius 3 is 3.25 bits per heavy atom. The highest BCUT2D eigenvalue weighted by molar-refractivity contribution is 5.26. The molecule has 0 saturated heterocycles. The molecule has 1 aliphatic carbocycles. The standard InChI is InChI=1S/C9H13N3/c1-2-8-11-5-6-3-4-7(10)9(6)12-8/h5,7H,2-4,10H2,1H3. The molecule has 2 N–H and O–H groups in total. The van der Waals surface area contributed by atoms with Crippen molar-refractivity contribution in [3.8, 4) is 0 Å². The third-order valence-electron chi connectivity index (χ3n) is 2.34. The van der Waals surface area contributed by atoms with Gasteiger partial charge in [-0.05, 0) is 18.4 Å². The molecule has 3 heteroatoms. The van der Waals surface area contributed by atoms with Crippen LogP contribution < -0.4 is 5.73 Å². The second kappa shape index (κ2) is 2.83. The van der Waals surface area contributed by atoms with E-state index < -0.39 is 0 Å². The van der Waals surface area contributed by atoms with E-state index in [-0.39, 0.29) is 6.04 Å². The minimum absolute atomic E-state index is 0.147. The molecule has 0 fully saturated rings. The average Bonchev–Trinajstić information content (AvgIpc) is 2.47. The molecule has 0 spiro atoms. The topological polar surface area (TPSA) is 51.8 Å². The van der Waals surface area contributed by atoms with Crippen LogP contribution >= 0.6 is 0 Å². The largest absolute Gasteiger partial charge is 0.323 e. The lowest BCUT2D eigenvalue weighted by atomic mass is 10.2. The first kappa shape index (κ1) is 7.68. The Hall–Kier alpha value is -0.960. The van der Waals surface area contributed by atoms with Gasteiger partial charge in [0.25, 0.3) is 0 Å². The molecule has 1 heterocycles. The van der Waals surface area contributed by atoms with Gasteiger partial charge in [-0.15, -0.1) is 0 Å². The van der Waals surface area contributed by atoms with Gasteiger partial charge in [-0.3, -0.25) is 0 Å². The summed E-state index contributed by atoms with van der Waals surface area (Å²) in [4.78, 5) is 8.65. The van der Waals surface area contributed by atoms with Gasteiger partial charge in [0.1, 0.15) is 5.82 Å². The number of fused-ring (bicyclic) bond motifs is 1. The lowest BCUT2D eigenvalue weighted by Gasteiger charge is -2.03. The van der Waals surface area contributed by atoms with Crippen molar-refractivity contribution in [2.24, 2.45) is 5.73 Å². The Morgan fingerprint density at radius 2 is 2.50 bits per heavy atom. The normalized spacial score (nSPS) is 21.0. The van der Waals surface area contributed by atoms with Crippen LogP contribution in [-0.4, -0.2) is 9.97 Å². The van der Waals surface area contributed by atoms with Crippen LogP contribution in [0.2, 0.25) is 0 Å². The van der Waals surface area contributed by atoms with Crippen LogP contribution in [0.4, 0.5) is 0 Å². The van der Waals surface area contributed by atoms with Crippen molar-refractivity contribution in [2.45, 2.75) is 32.2 Å². The Kier molecular flexibility index (Phi) is 1.81. The summed E-state index contributed by atoms with van der Waals surface area (Å²) in [7, 11) is 0. The fourth-order valence-corrected chi connectivity index (χ4v) is 1.59. The number of aryl methyl sites for hydroxylation is 2. The van der Waals surface area contributed by atoms with E-state index in [1.165, 1.54) is 5.56 Å². The van der Waals surface area contributed by atoms with Gasteiger partial charge < -0.3 is 5.73 Å². The van der Waals surface area contributed by atoms with Crippen LogP contribution in [0.25, 0.3) is 0 Å². The van der Waals surface area contributed by atoms with Crippen molar-refractivity contribution in [2.75, 3.05) is 0 Å². The number of nitrogens with zero attached hydrogens (tertiary/aromatic N) is 2. The zero-order chi connectivity index (χ0) is 8.55. The number of hydrogen-bond acceptors (Lipinski definition) is 3. The zero-order valence-corrected chi connectivity index (χ0v) is 7.25. The smallest absolute Gasteiger partial charge is 0.128 e. The predicted molar refractivity (Wildman–Crippen MR) is 46.7 cm³/mol. The van der Waals surface area contributed by atoms with Gasteiger partial charge >= 0.3 is 0 Å². The molecule has 1 unspecified atom stereocenters. The summed E-state index contributed by atoms with van der Waals surface area (Å²) in [6.07, 6.45) is 4.88. The first-order chi connectivity index (χ1) is 5.81. The van der Waals surface area contributed by atoms with E-state index in [0.717, 1.165) is 30.8 Å². The zero-order valence-electron chi connectivity index (χ0n) is 7.25. The van der Waals surface area contributed by atoms with E-state index in [1.807, 2.05) is 6.20 Å². The van der Waals surface area contributed by atoms with E-state index in [1.54, 1.807) is 0 Å². The summed E-state index contributed by atoms with van der Waals surface area (Å²) in [5.74, 6) is 0.908. The van der Waals surface area contributed by atoms with Crippen LogP contribution in [0, 0.1) is 0 Å². The van der Waals surface area contributed by atoms with Gasteiger partial charge in [0.2, 0.25) is 0 Å². The van der Waals surface area contributed by atoms with Crippen LogP contribution in [0.5, 0.6) is 0 Å². The van der Waals surface area contributed by atoms with E-state index >= 15 is 0 Å². The summed E-state index contributed by atoms with van der Waals surface area (Å²) in [6.45, 7) is 2.06. The van der Waals surface area contributed by atoms with Gasteiger partial charge in [0.05, 0.1) is 5.69 Å². The maximum Gasteiger partial charge on any atom is 0.128 e. The first-order valence-electron chi connectivity index (χ1n) is 4.41. The molecule has 0 aromatic carbocycles. The molecule has 1 atom stereocenters. The molecule has 1 aromatic rings. The molecule has 1 aromatic heterocycles. The molecule has 12 heavy (non-hydrogen) atoms. The van der Waals surface area contributed by atoms with E-state index in [9.17, 15) is 0 Å². The fraction of sp³-hybridized carbons (Fsp3) is 0.556. The molecular weight excluding hydrogens is 150 g/mol. The van der Waals surface area contributed by atoms with Crippen molar-refractivity contribution in [3.63, 3.8) is 0 Å². The summed E-state index contributed by atoms with van der Waals surface area (Å²) in [5.41, 5.74) is 8.19. The Labute approximate surface area is 72.0 Å². The highest BCUT2D eigenvalue weighted by atomic mass is 14.9. The van der Waals surface area contributed by atoms with Crippen LogP contribution in [0.3, 0.4) is 0 Å². The number of aromatic nitrogens is 2. The molecule has 64 valence electrons. The summed E-state index contributed by atoms with van der Waals surface area (Å²) < 4.78 is 0. The Balaban J connectivity index is 2.43. The number of hydrogen-bond donors (Lipinski definition) is 1. The van der Waals surface area contributed by atoms with Gasteiger partial charge in [-0.2, -0.15) is 0 Å². The molecule has 2 rings (SSSR count). The van der Waals surface area contributed by atoms with E-state index in [0.29, 0.717) is 0 Å². The maximum atomic E-state index is 5.88. The highest BCUT2D eigenvalue weighted by Crippen LogP contribution is 2.26. The summed E-state index contributed by atoms with van der Waals surface area (Å²) in [6, 6.07) is 0.147. The minimum atomic E-state index is 0.147. The van der Waals surface area contributed by atoms with Crippen molar-refractivity contribution < 1.29 is 0 Å². The lowest BCUT2D eigenvalue weighted by molar-refractivity contribution is 0.692. The fourth-order valence-electron chi connectivity index (χ4n) is 1.59. The monoisotopic (exact) mass is 163 g/mol. The highest BCUT2D eigenvalue weighted by Gasteiger charge is 2.20. The van der Waals surface area contributed by atoms with Crippen molar-refractivity contribution in [3.05, 3.63) is 23.3 Å². The van der Waals surface area contributed by atoms with Crippen molar-refractivity contribution >= 4 is 0 Å². The molecule has 0 radical (unpaired) electrons. The molecule has 3 nitrogen and oxygen atoms in total. The average molecular weight is 163 g/mol. The van der Waals surface area contributed by atoms with Crippen molar-refractivity contribution in [1.82, 2.24) is 9.97 Å². The summed E-state index contributed by atoms with van der Waals surface area (Å²) in [5, 5.41) is 0. The number of rotatable bonds is 1. The second-order valence-corrected chi connectivity index (χ2v) is 3.20. The quantitative estimate of drug-likeness (QED) is 0.671. The van der Waals surface area contributed by atoms with E-state index in [4.69, 9.17) is 5.73 Å². The van der Waals surface area contributed by atoms with Crippen LogP contribution in [0.15, 0.2) is 6.20 Å². The lowest BCUT2D eigenvalue weighted by Crippen LogP contribution is -2.09. The molecule has 0 saturated carbocycles. The van der Waals surface area contributed by atoms with Crippen LogP contribution in [-0.2, 0) is 12.8 Å². The third-order valence-corrected chi connectivity index (χ3v) is 2.34. The first-order valence-corrected chi connectivity index (χ1v) is 4.41. The van der Waals surface area contributed by atoms with Crippen LogP contribution in [0.1, 0.15) is 36.5 Å². The molecular formula is C9H13N3. The molecule has 0 aliphatic heterocycles. The number of nitrogens with two attached hydrogens (primary N) is 1. The Morgan fingerprint density at radius 1 is 1.67 bits per heavy atom. The molecule has 0 amide bonds. The maximum absolute atomic E-state index is 5.88. The SMILES string of the molecule is CCc1ncc2c(n1)C(N)CC2. The summed E-state index contributed by atoms with van der Waals surface area (Å²) >= 11 is 0. The molecule has 0 bridgehead atoms. The van der Waals surface area contributed by atoms with Gasteiger partial charge in [-0.1, -0.05) is 6.92 Å². The minimum Gasteiger partial charge on any atom is -0.323 e. The third kappa shape index (κ3) is 1.10. The van der Waals surface area contributed by atoms with E-state index in [2.05, 4.69) is 16.9 Å². The van der Waals surface area contributed by atoms with Gasteiger partial charge in [0.15, 0.2) is 0 Å². The predicted octanol–water partition coefficient (Wildman–Crippen LogP) is 0.985. The molecule has 1 aliphatic rings. The van der Waals surface area contributed by atoms with Gasteiger partial charge in [-0.25, -0.2) is 9.97 Å². The Bertz CT molecular complexity index is 296. The van der Waals surface area contributed by atoms with Gasteiger partial charge in [0, 0.05) is 18.7 Å². The van der Waals surface area contributed by atoms with Crippen molar-refractivity contribution in [1.29, 1.82) is 0 Å². The second-order valence-electron chi connectivity index (χ2n) is 3.20.